The van der Waals surface area contributed by atoms with Crippen molar-refractivity contribution < 1.29 is 14.0 Å². The molecule has 0 saturated carbocycles. The van der Waals surface area contributed by atoms with E-state index in [0.717, 1.165) is 0 Å². The standard InChI is InChI=1S/C12H26B2O3P/c1-9(2)10(3,4)17-14(16-9)13-15-11(5,6)12(7,8)18/h18H2,1-8H3. The molecule has 1 rings (SSSR count). The van der Waals surface area contributed by atoms with Crippen LogP contribution < -0.4 is 0 Å². The topological polar surface area (TPSA) is 27.7 Å². The van der Waals surface area contributed by atoms with Gasteiger partial charge in [0.2, 0.25) is 0 Å². The van der Waals surface area contributed by atoms with Crippen molar-refractivity contribution in [2.24, 2.45) is 0 Å². The third-order valence-electron chi connectivity index (χ3n) is 4.30. The molecular weight excluding hydrogens is 245 g/mol. The normalized spacial score (nSPS) is 23.3. The summed E-state index contributed by atoms with van der Waals surface area (Å²) in [6, 6.07) is 0. The first-order chi connectivity index (χ1) is 7.79. The Labute approximate surface area is 115 Å². The zero-order valence-electron chi connectivity index (χ0n) is 13.0. The molecule has 0 aromatic rings. The summed E-state index contributed by atoms with van der Waals surface area (Å²) in [5.74, 6) is 0. The highest BCUT2D eigenvalue weighted by Crippen LogP contribution is 2.38. The molecule has 1 heterocycles. The Balaban J connectivity index is 2.58. The van der Waals surface area contributed by atoms with E-state index >= 15 is 0 Å². The molecular formula is C12H26B2O3P. The minimum atomic E-state index is -0.415. The maximum absolute atomic E-state index is 5.87. The summed E-state index contributed by atoms with van der Waals surface area (Å²) in [7, 11) is 4.06. The van der Waals surface area contributed by atoms with E-state index in [2.05, 4.69) is 36.9 Å². The first-order valence-electron chi connectivity index (χ1n) is 6.44. The lowest BCUT2D eigenvalue weighted by Crippen LogP contribution is -2.46. The Bertz CT molecular complexity index is 295. The molecule has 1 atom stereocenters. The van der Waals surface area contributed by atoms with Crippen LogP contribution in [0.2, 0.25) is 0 Å². The van der Waals surface area contributed by atoms with Gasteiger partial charge in [0.15, 0.2) is 0 Å². The molecule has 0 N–H and O–H groups in total. The zero-order valence-corrected chi connectivity index (χ0v) is 14.1. The van der Waals surface area contributed by atoms with Gasteiger partial charge in [0, 0.05) is 5.16 Å². The molecule has 0 aliphatic carbocycles. The molecule has 103 valence electrons. The quantitative estimate of drug-likeness (QED) is 0.581. The summed E-state index contributed by atoms with van der Waals surface area (Å²) < 4.78 is 17.6. The van der Waals surface area contributed by atoms with Crippen molar-refractivity contribution >= 4 is 23.6 Å². The smallest absolute Gasteiger partial charge is 0.437 e. The van der Waals surface area contributed by atoms with Crippen molar-refractivity contribution in [2.75, 3.05) is 0 Å². The van der Waals surface area contributed by atoms with Crippen LogP contribution in [-0.2, 0) is 14.0 Å². The molecule has 3 nitrogen and oxygen atoms in total. The zero-order chi connectivity index (χ0) is 14.4. The predicted octanol–water partition coefficient (Wildman–Crippen LogP) is 2.64. The van der Waals surface area contributed by atoms with Crippen molar-refractivity contribution in [3.8, 4) is 0 Å². The first kappa shape index (κ1) is 16.5. The molecule has 0 aromatic carbocycles. The van der Waals surface area contributed by atoms with E-state index in [0.29, 0.717) is 0 Å². The van der Waals surface area contributed by atoms with Gasteiger partial charge in [-0.15, -0.1) is 9.24 Å². The monoisotopic (exact) mass is 271 g/mol. The second kappa shape index (κ2) is 4.77. The van der Waals surface area contributed by atoms with Crippen molar-refractivity contribution in [1.29, 1.82) is 0 Å². The molecule has 1 fully saturated rings. The lowest BCUT2D eigenvalue weighted by molar-refractivity contribution is 0.00578. The Kier molecular flexibility index (Phi) is 4.37. The van der Waals surface area contributed by atoms with Crippen molar-refractivity contribution in [2.45, 2.75) is 77.3 Å². The molecule has 6 heteroatoms. The lowest BCUT2D eigenvalue weighted by Gasteiger charge is -2.39. The fourth-order valence-electron chi connectivity index (χ4n) is 1.32. The molecule has 1 aliphatic rings. The van der Waals surface area contributed by atoms with Crippen LogP contribution in [0.4, 0.5) is 0 Å². The highest BCUT2D eigenvalue weighted by molar-refractivity contribution is 7.19. The van der Waals surface area contributed by atoms with Crippen LogP contribution in [0, 0.1) is 0 Å². The fourth-order valence-corrected chi connectivity index (χ4v) is 1.39. The second-order valence-electron chi connectivity index (χ2n) is 7.11. The van der Waals surface area contributed by atoms with Crippen molar-refractivity contribution in [1.82, 2.24) is 0 Å². The minimum absolute atomic E-state index is 0.0346. The third-order valence-corrected chi connectivity index (χ3v) is 4.99. The van der Waals surface area contributed by atoms with Crippen LogP contribution in [0.1, 0.15) is 55.4 Å². The van der Waals surface area contributed by atoms with Crippen LogP contribution in [-0.4, -0.2) is 36.3 Å². The van der Waals surface area contributed by atoms with Gasteiger partial charge < -0.3 is 14.0 Å². The van der Waals surface area contributed by atoms with Gasteiger partial charge in [-0.1, -0.05) is 13.8 Å². The third kappa shape index (κ3) is 3.30. The van der Waals surface area contributed by atoms with Crippen molar-refractivity contribution in [3.63, 3.8) is 0 Å². The van der Waals surface area contributed by atoms with Gasteiger partial charge >= 0.3 is 14.4 Å². The van der Waals surface area contributed by atoms with Crippen LogP contribution in [0.25, 0.3) is 0 Å². The molecule has 1 unspecified atom stereocenters. The highest BCUT2D eigenvalue weighted by Gasteiger charge is 2.52. The number of rotatable bonds is 4. The Morgan fingerprint density at radius 3 is 1.72 bits per heavy atom. The van der Waals surface area contributed by atoms with Gasteiger partial charge in [0.1, 0.15) is 0 Å². The van der Waals surface area contributed by atoms with E-state index in [9.17, 15) is 0 Å². The molecule has 1 aliphatic heterocycles. The molecule has 0 aromatic heterocycles. The summed E-state index contributed by atoms with van der Waals surface area (Å²) in [4.78, 5) is 0. The van der Waals surface area contributed by atoms with Gasteiger partial charge in [0.25, 0.3) is 0 Å². The van der Waals surface area contributed by atoms with Crippen LogP contribution in [0.3, 0.4) is 0 Å². The summed E-state index contributed by atoms with van der Waals surface area (Å²) in [6.07, 6.45) is 0. The van der Waals surface area contributed by atoms with Crippen LogP contribution >= 0.6 is 9.24 Å². The van der Waals surface area contributed by atoms with Gasteiger partial charge in [-0.25, -0.2) is 0 Å². The molecule has 0 bridgehead atoms. The van der Waals surface area contributed by atoms with E-state index in [1.165, 1.54) is 0 Å². The number of hydrogen-bond acceptors (Lipinski definition) is 3. The Morgan fingerprint density at radius 2 is 1.39 bits per heavy atom. The predicted molar refractivity (Wildman–Crippen MR) is 80.8 cm³/mol. The van der Waals surface area contributed by atoms with E-state index in [4.69, 9.17) is 14.0 Å². The molecule has 0 spiro atoms. The van der Waals surface area contributed by atoms with Gasteiger partial charge in [-0.3, -0.25) is 0 Å². The van der Waals surface area contributed by atoms with Gasteiger partial charge in [0.05, 0.1) is 16.8 Å². The Morgan fingerprint density at radius 1 is 1.00 bits per heavy atom. The average molecular weight is 271 g/mol. The van der Waals surface area contributed by atoms with Gasteiger partial charge in [-0.05, 0) is 41.5 Å². The van der Waals surface area contributed by atoms with E-state index < -0.39 is 7.01 Å². The first-order valence-corrected chi connectivity index (χ1v) is 7.02. The minimum Gasteiger partial charge on any atom is -0.437 e. The maximum Gasteiger partial charge on any atom is 0.439 e. The van der Waals surface area contributed by atoms with E-state index in [1.54, 1.807) is 7.37 Å². The summed E-state index contributed by atoms with van der Waals surface area (Å²) in [5, 5.41) is -0.0346. The van der Waals surface area contributed by atoms with E-state index in [1.807, 2.05) is 27.7 Å². The largest absolute Gasteiger partial charge is 0.439 e. The van der Waals surface area contributed by atoms with Gasteiger partial charge in [-0.2, -0.15) is 0 Å². The lowest BCUT2D eigenvalue weighted by atomic mass is 9.55. The fraction of sp³-hybridized carbons (Fsp3) is 1.00. The second-order valence-corrected chi connectivity index (χ2v) is 8.55. The summed E-state index contributed by atoms with van der Waals surface area (Å²) >= 11 is 0. The summed E-state index contributed by atoms with van der Waals surface area (Å²) in [5.41, 5.74) is -0.947. The molecule has 1 radical (unpaired) electrons. The van der Waals surface area contributed by atoms with Crippen LogP contribution in [0.5, 0.6) is 0 Å². The maximum atomic E-state index is 5.87. The van der Waals surface area contributed by atoms with Crippen LogP contribution in [0.15, 0.2) is 0 Å². The number of hydrogen-bond donors (Lipinski definition) is 0. The molecule has 0 amide bonds. The van der Waals surface area contributed by atoms with Crippen molar-refractivity contribution in [3.05, 3.63) is 0 Å². The molecule has 18 heavy (non-hydrogen) atoms. The Hall–Kier alpha value is 0.440. The SMILES string of the molecule is CC(C)(P)C(C)(C)O[B]B1OC(C)(C)C(C)(C)O1. The average Bonchev–Trinajstić information content (AvgIpc) is 2.30. The summed E-state index contributed by atoms with van der Waals surface area (Å²) in [6.45, 7) is 16.5. The highest BCUT2D eigenvalue weighted by atomic mass is 31.0. The van der Waals surface area contributed by atoms with E-state index in [-0.39, 0.29) is 22.0 Å². The molecule has 1 saturated heterocycles.